The normalized spacial score (nSPS) is 11.4. The van der Waals surface area contributed by atoms with Crippen LogP contribution in [0.15, 0.2) is 188 Å². The first kappa shape index (κ1) is 27.2. The summed E-state index contributed by atoms with van der Waals surface area (Å²) >= 11 is 0. The highest BCUT2D eigenvalue weighted by molar-refractivity contribution is 6.25. The Morgan fingerprint density at radius 1 is 0.277 bits per heavy atom. The molecule has 0 N–H and O–H groups in total. The minimum absolute atomic E-state index is 1.14. The SMILES string of the molecule is c1ccc(-c2c3ccccc3c(-c3ccccc3)c3cc4c(cc23)c(-c2ccccc2)c(-c2ccccc2)n4-c2ccccc2)cc1. The van der Waals surface area contributed by atoms with Crippen molar-refractivity contribution >= 4 is 32.4 Å². The van der Waals surface area contributed by atoms with Crippen molar-refractivity contribution in [2.75, 3.05) is 0 Å². The summed E-state index contributed by atoms with van der Waals surface area (Å²) in [5, 5.41) is 6.25. The zero-order valence-corrected chi connectivity index (χ0v) is 25.8. The van der Waals surface area contributed by atoms with E-state index in [1.807, 2.05) is 0 Å². The van der Waals surface area contributed by atoms with Gasteiger partial charge in [0.05, 0.1) is 11.2 Å². The molecule has 1 heteroatoms. The molecule has 0 saturated heterocycles. The van der Waals surface area contributed by atoms with Crippen molar-refractivity contribution in [3.8, 4) is 50.3 Å². The number of benzene rings is 8. The topological polar surface area (TPSA) is 4.93 Å². The Labute approximate surface area is 274 Å². The molecule has 0 atom stereocenters. The summed E-state index contributed by atoms with van der Waals surface area (Å²) in [6.07, 6.45) is 0. The van der Waals surface area contributed by atoms with Gasteiger partial charge in [-0.1, -0.05) is 164 Å². The molecule has 0 aliphatic rings. The van der Waals surface area contributed by atoms with Crippen LogP contribution < -0.4 is 0 Å². The molecule has 0 radical (unpaired) electrons. The summed E-state index contributed by atoms with van der Waals surface area (Å²) in [6, 6.07) is 68.1. The average Bonchev–Trinajstić information content (AvgIpc) is 3.49. The predicted molar refractivity (Wildman–Crippen MR) is 200 cm³/mol. The Morgan fingerprint density at radius 3 is 1.15 bits per heavy atom. The second-order valence-corrected chi connectivity index (χ2v) is 12.1. The molecule has 220 valence electrons. The molecule has 0 bridgehead atoms. The quantitative estimate of drug-likeness (QED) is 0.174. The van der Waals surface area contributed by atoms with Gasteiger partial charge in [0.2, 0.25) is 0 Å². The van der Waals surface area contributed by atoms with Crippen LogP contribution in [-0.4, -0.2) is 4.57 Å². The van der Waals surface area contributed by atoms with Gasteiger partial charge in [-0.2, -0.15) is 0 Å². The fourth-order valence-corrected chi connectivity index (χ4v) is 7.40. The Morgan fingerprint density at radius 2 is 0.660 bits per heavy atom. The van der Waals surface area contributed by atoms with Crippen molar-refractivity contribution in [3.63, 3.8) is 0 Å². The molecule has 9 aromatic rings. The van der Waals surface area contributed by atoms with Crippen LogP contribution >= 0.6 is 0 Å². The number of hydrogen-bond acceptors (Lipinski definition) is 0. The lowest BCUT2D eigenvalue weighted by Gasteiger charge is -2.19. The summed E-state index contributed by atoms with van der Waals surface area (Å²) in [7, 11) is 0. The van der Waals surface area contributed by atoms with Gasteiger partial charge in [-0.3, -0.25) is 0 Å². The number of aromatic nitrogens is 1. The van der Waals surface area contributed by atoms with Crippen molar-refractivity contribution in [3.05, 3.63) is 188 Å². The maximum absolute atomic E-state index is 2.47. The summed E-state index contributed by atoms with van der Waals surface area (Å²) in [6.45, 7) is 0. The fraction of sp³-hybridized carbons (Fsp3) is 0. The molecule has 1 nitrogen and oxygen atoms in total. The number of hydrogen-bond donors (Lipinski definition) is 0. The van der Waals surface area contributed by atoms with E-state index in [4.69, 9.17) is 0 Å². The number of fused-ring (bicyclic) bond motifs is 3. The minimum atomic E-state index is 1.14. The Balaban J connectivity index is 1.56. The summed E-state index contributed by atoms with van der Waals surface area (Å²) in [5.41, 5.74) is 12.1. The number of nitrogens with zero attached hydrogens (tertiary/aromatic N) is 1. The van der Waals surface area contributed by atoms with Gasteiger partial charge in [0.1, 0.15) is 0 Å². The minimum Gasteiger partial charge on any atom is -0.309 e. The van der Waals surface area contributed by atoms with E-state index in [0.29, 0.717) is 0 Å². The maximum Gasteiger partial charge on any atom is 0.0619 e. The molecule has 1 heterocycles. The van der Waals surface area contributed by atoms with Crippen LogP contribution in [-0.2, 0) is 0 Å². The lowest BCUT2D eigenvalue weighted by Crippen LogP contribution is -1.97. The molecule has 0 aliphatic carbocycles. The molecule has 0 unspecified atom stereocenters. The van der Waals surface area contributed by atoms with Gasteiger partial charge >= 0.3 is 0 Å². The highest BCUT2D eigenvalue weighted by Crippen LogP contribution is 2.49. The lowest BCUT2D eigenvalue weighted by molar-refractivity contribution is 1.14. The first-order valence-corrected chi connectivity index (χ1v) is 16.2. The van der Waals surface area contributed by atoms with Gasteiger partial charge in [0, 0.05) is 16.6 Å². The summed E-state index contributed by atoms with van der Waals surface area (Å²) in [4.78, 5) is 0. The van der Waals surface area contributed by atoms with Crippen LogP contribution in [0.1, 0.15) is 0 Å². The van der Waals surface area contributed by atoms with Crippen molar-refractivity contribution in [1.29, 1.82) is 0 Å². The molecule has 0 fully saturated rings. The number of para-hydroxylation sites is 1. The van der Waals surface area contributed by atoms with E-state index in [1.54, 1.807) is 0 Å². The summed E-state index contributed by atoms with van der Waals surface area (Å²) in [5.74, 6) is 0. The smallest absolute Gasteiger partial charge is 0.0619 e. The van der Waals surface area contributed by atoms with Crippen molar-refractivity contribution in [2.24, 2.45) is 0 Å². The van der Waals surface area contributed by atoms with Crippen molar-refractivity contribution in [1.82, 2.24) is 4.57 Å². The first-order valence-electron chi connectivity index (χ1n) is 16.2. The third kappa shape index (κ3) is 4.47. The standard InChI is InChI=1S/C46H31N/c1-6-18-32(19-7-1)43-37-28-16-17-29-38(37)44(33-20-8-2-9-21-33)40-31-42-41(30-39(40)43)45(34-22-10-3-11-23-34)46(35-24-12-4-13-25-35)47(42)36-26-14-5-15-27-36/h1-31H. The van der Waals surface area contributed by atoms with E-state index in [-0.39, 0.29) is 0 Å². The monoisotopic (exact) mass is 597 g/mol. The van der Waals surface area contributed by atoms with Gasteiger partial charge in [-0.25, -0.2) is 0 Å². The Bertz CT molecular complexity index is 2350. The Hall–Kier alpha value is -6.18. The highest BCUT2D eigenvalue weighted by atomic mass is 15.0. The predicted octanol–water partition coefficient (Wildman–Crippen LogP) is 12.6. The van der Waals surface area contributed by atoms with Crippen LogP contribution in [0, 0.1) is 0 Å². The molecule has 1 aromatic heterocycles. The van der Waals surface area contributed by atoms with Crippen molar-refractivity contribution in [2.45, 2.75) is 0 Å². The molecule has 8 aromatic carbocycles. The second kappa shape index (κ2) is 11.3. The molecule has 0 aliphatic heterocycles. The van der Waals surface area contributed by atoms with E-state index in [1.165, 1.54) is 77.1 Å². The van der Waals surface area contributed by atoms with Gasteiger partial charge in [-0.15, -0.1) is 0 Å². The molecular weight excluding hydrogens is 567 g/mol. The average molecular weight is 598 g/mol. The van der Waals surface area contributed by atoms with Gasteiger partial charge in [-0.05, 0) is 79.2 Å². The lowest BCUT2D eigenvalue weighted by atomic mass is 9.85. The fourth-order valence-electron chi connectivity index (χ4n) is 7.40. The molecule has 9 rings (SSSR count). The second-order valence-electron chi connectivity index (χ2n) is 12.1. The number of rotatable bonds is 5. The maximum atomic E-state index is 2.47. The van der Waals surface area contributed by atoms with Gasteiger partial charge in [0.25, 0.3) is 0 Å². The van der Waals surface area contributed by atoms with E-state index in [9.17, 15) is 0 Å². The van der Waals surface area contributed by atoms with E-state index in [2.05, 4.69) is 193 Å². The van der Waals surface area contributed by atoms with E-state index < -0.39 is 0 Å². The molecular formula is C46H31N. The third-order valence-electron chi connectivity index (χ3n) is 9.36. The van der Waals surface area contributed by atoms with Gasteiger partial charge < -0.3 is 4.57 Å². The van der Waals surface area contributed by atoms with Crippen LogP contribution in [0.2, 0.25) is 0 Å². The zero-order chi connectivity index (χ0) is 31.2. The van der Waals surface area contributed by atoms with Crippen LogP contribution in [0.25, 0.3) is 82.8 Å². The zero-order valence-electron chi connectivity index (χ0n) is 25.8. The van der Waals surface area contributed by atoms with E-state index >= 15 is 0 Å². The third-order valence-corrected chi connectivity index (χ3v) is 9.36. The van der Waals surface area contributed by atoms with Gasteiger partial charge in [0.15, 0.2) is 0 Å². The largest absolute Gasteiger partial charge is 0.309 e. The molecule has 0 spiro atoms. The van der Waals surface area contributed by atoms with Crippen LogP contribution in [0.3, 0.4) is 0 Å². The highest BCUT2D eigenvalue weighted by Gasteiger charge is 2.24. The Kier molecular flexibility index (Phi) is 6.54. The molecule has 0 amide bonds. The van der Waals surface area contributed by atoms with Crippen LogP contribution in [0.5, 0.6) is 0 Å². The first-order chi connectivity index (χ1) is 23.4. The van der Waals surface area contributed by atoms with Crippen molar-refractivity contribution < 1.29 is 0 Å². The summed E-state index contributed by atoms with van der Waals surface area (Å²) < 4.78 is 2.47. The molecule has 0 saturated carbocycles. The molecule has 47 heavy (non-hydrogen) atoms. The van der Waals surface area contributed by atoms with E-state index in [0.717, 1.165) is 5.69 Å². The van der Waals surface area contributed by atoms with Crippen LogP contribution in [0.4, 0.5) is 0 Å².